The summed E-state index contributed by atoms with van der Waals surface area (Å²) in [6.45, 7) is 2.77. The van der Waals surface area contributed by atoms with Crippen LogP contribution in [0.4, 0.5) is 8.78 Å². The van der Waals surface area contributed by atoms with Crippen LogP contribution in [0.3, 0.4) is 0 Å². The molecule has 1 aliphatic rings. The zero-order valence-corrected chi connectivity index (χ0v) is 9.14. The predicted molar refractivity (Wildman–Crippen MR) is 54.1 cm³/mol. The Morgan fingerprint density at radius 3 is 2.31 bits per heavy atom. The summed E-state index contributed by atoms with van der Waals surface area (Å²) in [5.74, 6) is -2.48. The Morgan fingerprint density at radius 2 is 2.00 bits per heavy atom. The Kier molecular flexibility index (Phi) is 7.25. The molecule has 0 aromatic rings. The maximum Gasteiger partial charge on any atom is 0.261 e. The van der Waals surface area contributed by atoms with Gasteiger partial charge in [-0.3, -0.25) is 4.90 Å². The van der Waals surface area contributed by atoms with Gasteiger partial charge in [-0.15, -0.1) is 24.8 Å². The minimum atomic E-state index is -2.48. The molecule has 1 atom stereocenters. The van der Waals surface area contributed by atoms with Crippen molar-refractivity contribution in [2.45, 2.75) is 25.3 Å². The SMILES string of the molecule is C[C@@H](N)CN1CCC(F)(F)C1.Cl.Cl. The van der Waals surface area contributed by atoms with Crippen molar-refractivity contribution in [1.29, 1.82) is 0 Å². The lowest BCUT2D eigenvalue weighted by Gasteiger charge is -2.17. The fourth-order valence-electron chi connectivity index (χ4n) is 1.37. The van der Waals surface area contributed by atoms with Crippen molar-refractivity contribution in [1.82, 2.24) is 4.90 Å². The monoisotopic (exact) mass is 236 g/mol. The van der Waals surface area contributed by atoms with Gasteiger partial charge in [-0.25, -0.2) is 8.78 Å². The van der Waals surface area contributed by atoms with E-state index < -0.39 is 5.92 Å². The van der Waals surface area contributed by atoms with Crippen molar-refractivity contribution < 1.29 is 8.78 Å². The predicted octanol–water partition coefficient (Wildman–Crippen LogP) is 1.52. The molecule has 1 rings (SSSR count). The fraction of sp³-hybridized carbons (Fsp3) is 1.00. The van der Waals surface area contributed by atoms with Gasteiger partial charge in [-0.1, -0.05) is 0 Å². The van der Waals surface area contributed by atoms with E-state index in [1.807, 2.05) is 6.92 Å². The summed E-state index contributed by atoms with van der Waals surface area (Å²) in [5, 5.41) is 0. The maximum absolute atomic E-state index is 12.6. The zero-order valence-electron chi connectivity index (χ0n) is 7.50. The standard InChI is InChI=1S/C7H14F2N2.2ClH/c1-6(10)4-11-3-2-7(8,9)5-11;;/h6H,2-5,10H2,1H3;2*1H/t6-;;/m1../s1. The molecule has 0 aromatic carbocycles. The van der Waals surface area contributed by atoms with Crippen LogP contribution in [0.1, 0.15) is 13.3 Å². The van der Waals surface area contributed by atoms with Gasteiger partial charge in [0.2, 0.25) is 0 Å². The minimum absolute atomic E-state index is 0. The van der Waals surface area contributed by atoms with E-state index in [1.165, 1.54) is 0 Å². The number of hydrogen-bond acceptors (Lipinski definition) is 2. The molecule has 82 valence electrons. The lowest BCUT2D eigenvalue weighted by Crippen LogP contribution is -2.35. The first kappa shape index (κ1) is 15.8. The van der Waals surface area contributed by atoms with Crippen LogP contribution >= 0.6 is 24.8 Å². The Balaban J connectivity index is 0. The second kappa shape index (κ2) is 5.96. The molecule has 1 fully saturated rings. The summed E-state index contributed by atoms with van der Waals surface area (Å²) < 4.78 is 25.1. The Labute approximate surface area is 89.7 Å². The van der Waals surface area contributed by atoms with Gasteiger partial charge in [0.25, 0.3) is 5.92 Å². The van der Waals surface area contributed by atoms with E-state index in [9.17, 15) is 8.78 Å². The van der Waals surface area contributed by atoms with Crippen LogP contribution in [-0.2, 0) is 0 Å². The van der Waals surface area contributed by atoms with E-state index in [-0.39, 0.29) is 43.8 Å². The lowest BCUT2D eigenvalue weighted by atomic mass is 10.3. The third-order valence-corrected chi connectivity index (χ3v) is 1.79. The van der Waals surface area contributed by atoms with Crippen LogP contribution < -0.4 is 5.73 Å². The highest BCUT2D eigenvalue weighted by atomic mass is 35.5. The molecule has 0 bridgehead atoms. The van der Waals surface area contributed by atoms with Gasteiger partial charge in [0, 0.05) is 25.6 Å². The Hall–Kier alpha value is 0.360. The highest BCUT2D eigenvalue weighted by molar-refractivity contribution is 5.85. The number of rotatable bonds is 2. The smallest absolute Gasteiger partial charge is 0.261 e. The molecule has 2 nitrogen and oxygen atoms in total. The molecule has 13 heavy (non-hydrogen) atoms. The number of hydrogen-bond donors (Lipinski definition) is 1. The van der Waals surface area contributed by atoms with E-state index in [0.29, 0.717) is 13.1 Å². The van der Waals surface area contributed by atoms with Gasteiger partial charge in [-0.05, 0) is 6.92 Å². The van der Waals surface area contributed by atoms with E-state index in [0.717, 1.165) is 0 Å². The molecule has 0 aromatic heterocycles. The summed E-state index contributed by atoms with van der Waals surface area (Å²) in [4.78, 5) is 1.71. The molecule has 1 aliphatic heterocycles. The van der Waals surface area contributed by atoms with Gasteiger partial charge in [-0.2, -0.15) is 0 Å². The van der Waals surface area contributed by atoms with Crippen molar-refractivity contribution >= 4 is 24.8 Å². The van der Waals surface area contributed by atoms with Crippen LogP contribution in [0.5, 0.6) is 0 Å². The number of alkyl halides is 2. The van der Waals surface area contributed by atoms with Crippen molar-refractivity contribution in [2.24, 2.45) is 5.73 Å². The van der Waals surface area contributed by atoms with Gasteiger partial charge >= 0.3 is 0 Å². The van der Waals surface area contributed by atoms with E-state index in [4.69, 9.17) is 5.73 Å². The number of halogens is 4. The first-order valence-electron chi connectivity index (χ1n) is 3.85. The normalized spacial score (nSPS) is 23.1. The molecular weight excluding hydrogens is 221 g/mol. The maximum atomic E-state index is 12.6. The highest BCUT2D eigenvalue weighted by Gasteiger charge is 2.37. The quantitative estimate of drug-likeness (QED) is 0.788. The summed E-state index contributed by atoms with van der Waals surface area (Å²) >= 11 is 0. The fourth-order valence-corrected chi connectivity index (χ4v) is 1.37. The summed E-state index contributed by atoms with van der Waals surface area (Å²) in [7, 11) is 0. The first-order chi connectivity index (χ1) is 4.99. The van der Waals surface area contributed by atoms with Gasteiger partial charge < -0.3 is 5.73 Å². The molecule has 1 heterocycles. The van der Waals surface area contributed by atoms with Crippen molar-refractivity contribution in [2.75, 3.05) is 19.6 Å². The van der Waals surface area contributed by atoms with Crippen molar-refractivity contribution in [3.05, 3.63) is 0 Å². The highest BCUT2D eigenvalue weighted by Crippen LogP contribution is 2.26. The number of likely N-dealkylation sites (tertiary alicyclic amines) is 1. The third kappa shape index (κ3) is 5.62. The third-order valence-electron chi connectivity index (χ3n) is 1.79. The first-order valence-corrected chi connectivity index (χ1v) is 3.85. The van der Waals surface area contributed by atoms with E-state index >= 15 is 0 Å². The van der Waals surface area contributed by atoms with Crippen LogP contribution in [-0.4, -0.2) is 36.5 Å². The molecule has 6 heteroatoms. The minimum Gasteiger partial charge on any atom is -0.327 e. The molecule has 1 saturated heterocycles. The van der Waals surface area contributed by atoms with Gasteiger partial charge in [0.1, 0.15) is 0 Å². The van der Waals surface area contributed by atoms with Crippen LogP contribution in [0.25, 0.3) is 0 Å². The van der Waals surface area contributed by atoms with Crippen LogP contribution in [0.2, 0.25) is 0 Å². The van der Waals surface area contributed by atoms with Crippen molar-refractivity contribution in [3.8, 4) is 0 Å². The van der Waals surface area contributed by atoms with Crippen molar-refractivity contribution in [3.63, 3.8) is 0 Å². The zero-order chi connectivity index (χ0) is 8.48. The molecule has 0 unspecified atom stereocenters. The van der Waals surface area contributed by atoms with Gasteiger partial charge in [0.05, 0.1) is 6.54 Å². The van der Waals surface area contributed by atoms with Gasteiger partial charge in [0.15, 0.2) is 0 Å². The molecule has 0 spiro atoms. The topological polar surface area (TPSA) is 29.3 Å². The van der Waals surface area contributed by atoms with E-state index in [1.54, 1.807) is 4.90 Å². The second-order valence-electron chi connectivity index (χ2n) is 3.32. The second-order valence-corrected chi connectivity index (χ2v) is 3.32. The Bertz CT molecular complexity index is 144. The van der Waals surface area contributed by atoms with Crippen LogP contribution in [0, 0.1) is 0 Å². The average Bonchev–Trinajstić information content (AvgIpc) is 2.08. The molecule has 0 aliphatic carbocycles. The molecule has 0 radical (unpaired) electrons. The Morgan fingerprint density at radius 1 is 1.46 bits per heavy atom. The number of nitrogens with two attached hydrogens (primary N) is 1. The lowest BCUT2D eigenvalue weighted by molar-refractivity contribution is 0.0119. The average molecular weight is 237 g/mol. The van der Waals surface area contributed by atoms with E-state index in [2.05, 4.69) is 0 Å². The molecular formula is C7H16Cl2F2N2. The summed E-state index contributed by atoms with van der Waals surface area (Å²) in [5.41, 5.74) is 5.47. The number of nitrogens with zero attached hydrogens (tertiary/aromatic N) is 1. The molecule has 0 amide bonds. The van der Waals surface area contributed by atoms with Crippen LogP contribution in [0.15, 0.2) is 0 Å². The summed E-state index contributed by atoms with van der Waals surface area (Å²) in [6, 6.07) is -0.0103. The summed E-state index contributed by atoms with van der Waals surface area (Å²) in [6.07, 6.45) is -0.0142. The largest absolute Gasteiger partial charge is 0.327 e. The molecule has 2 N–H and O–H groups in total. The molecule has 0 saturated carbocycles.